The van der Waals surface area contributed by atoms with E-state index in [9.17, 15) is 9.59 Å². The molecule has 0 atom stereocenters. The van der Waals surface area contributed by atoms with Gasteiger partial charge in [0.1, 0.15) is 0 Å². The van der Waals surface area contributed by atoms with Crippen LogP contribution in [-0.2, 0) is 9.59 Å². The summed E-state index contributed by atoms with van der Waals surface area (Å²) in [7, 11) is 1.65. The van der Waals surface area contributed by atoms with Gasteiger partial charge in [-0.1, -0.05) is 0 Å². The number of amides is 1. The highest BCUT2D eigenvalue weighted by molar-refractivity contribution is 5.92. The Morgan fingerprint density at radius 2 is 2.00 bits per heavy atom. The highest BCUT2D eigenvalue weighted by Gasteiger charge is 2.19. The first kappa shape index (κ1) is 6.26. The van der Waals surface area contributed by atoms with Crippen molar-refractivity contribution >= 4 is 11.7 Å². The molecule has 1 aliphatic heterocycles. The number of Topliss-reactive ketones (excluding diaryl/α,β-unsaturated/α-hetero) is 1. The zero-order chi connectivity index (χ0) is 6.85. The van der Waals surface area contributed by atoms with Crippen molar-refractivity contribution in [3.63, 3.8) is 0 Å². The number of hydrogen-bond acceptors (Lipinski definition) is 2. The molecule has 1 saturated heterocycles. The third kappa shape index (κ3) is 1.28. The quantitative estimate of drug-likeness (QED) is 0.452. The predicted molar refractivity (Wildman–Crippen MR) is 31.9 cm³/mol. The fourth-order valence-electron chi connectivity index (χ4n) is 0.869. The maximum atomic E-state index is 10.7. The van der Waals surface area contributed by atoms with Crippen molar-refractivity contribution in [3.8, 4) is 0 Å². The van der Waals surface area contributed by atoms with E-state index in [0.717, 1.165) is 0 Å². The zero-order valence-electron chi connectivity index (χ0n) is 5.39. The lowest BCUT2D eigenvalue weighted by Gasteiger charge is -2.20. The number of rotatable bonds is 0. The van der Waals surface area contributed by atoms with E-state index in [2.05, 4.69) is 0 Å². The summed E-state index contributed by atoms with van der Waals surface area (Å²) in [6.07, 6.45) is 0.832. The van der Waals surface area contributed by atoms with Gasteiger partial charge in [0, 0.05) is 19.9 Å². The number of carbonyl (C=O) groups is 2. The molecule has 0 aromatic heterocycles. The maximum Gasteiger partial charge on any atom is 0.223 e. The number of piperidine rings is 1. The average molecular weight is 127 g/mol. The first-order valence-electron chi connectivity index (χ1n) is 2.96. The van der Waals surface area contributed by atoms with Gasteiger partial charge < -0.3 is 4.90 Å². The molecule has 0 N–H and O–H groups in total. The Labute approximate surface area is 53.6 Å². The fourth-order valence-corrected chi connectivity index (χ4v) is 0.869. The summed E-state index contributed by atoms with van der Waals surface area (Å²) in [5.41, 5.74) is 0. The average Bonchev–Trinajstić information content (AvgIpc) is 1.80. The van der Waals surface area contributed by atoms with E-state index in [1.165, 1.54) is 4.90 Å². The van der Waals surface area contributed by atoms with Crippen LogP contribution < -0.4 is 0 Å². The van der Waals surface area contributed by atoms with Crippen molar-refractivity contribution in [2.75, 3.05) is 13.6 Å². The van der Waals surface area contributed by atoms with Crippen LogP contribution in [0.2, 0.25) is 0 Å². The summed E-state index contributed by atoms with van der Waals surface area (Å²) in [4.78, 5) is 22.8. The minimum Gasteiger partial charge on any atom is -0.338 e. The lowest BCUT2D eigenvalue weighted by Crippen LogP contribution is -2.36. The minimum atomic E-state index is 0.0783. The second-order valence-corrected chi connectivity index (χ2v) is 2.29. The van der Waals surface area contributed by atoms with Crippen LogP contribution >= 0.6 is 0 Å². The second-order valence-electron chi connectivity index (χ2n) is 2.29. The third-order valence-corrected chi connectivity index (χ3v) is 1.46. The van der Waals surface area contributed by atoms with Crippen LogP contribution in [0.1, 0.15) is 12.8 Å². The number of likely N-dealkylation sites (tertiary alicyclic amines) is 1. The lowest BCUT2D eigenvalue weighted by molar-refractivity contribution is -0.138. The molecular weight excluding hydrogens is 118 g/mol. The van der Waals surface area contributed by atoms with Crippen molar-refractivity contribution in [1.82, 2.24) is 4.90 Å². The smallest absolute Gasteiger partial charge is 0.223 e. The molecule has 50 valence electrons. The van der Waals surface area contributed by atoms with Gasteiger partial charge in [-0.15, -0.1) is 0 Å². The number of carbonyl (C=O) groups excluding carboxylic acids is 2. The monoisotopic (exact) mass is 127 g/mol. The predicted octanol–water partition coefficient (Wildman–Crippen LogP) is -0.192. The topological polar surface area (TPSA) is 37.4 Å². The molecule has 0 aliphatic carbocycles. The highest BCUT2D eigenvalue weighted by Crippen LogP contribution is 2.03. The molecule has 0 bridgehead atoms. The van der Waals surface area contributed by atoms with E-state index in [1.807, 2.05) is 0 Å². The largest absolute Gasteiger partial charge is 0.338 e. The first-order chi connectivity index (χ1) is 4.20. The van der Waals surface area contributed by atoms with Crippen LogP contribution in [-0.4, -0.2) is 30.2 Å². The molecule has 1 rings (SSSR count). The molecule has 0 unspecified atom stereocenters. The Morgan fingerprint density at radius 1 is 1.33 bits per heavy atom. The van der Waals surface area contributed by atoms with Crippen LogP contribution in [0.15, 0.2) is 0 Å². The Kier molecular flexibility index (Phi) is 1.51. The van der Waals surface area contributed by atoms with Gasteiger partial charge in [-0.25, -0.2) is 0 Å². The molecule has 1 fully saturated rings. The highest BCUT2D eigenvalue weighted by atomic mass is 16.2. The summed E-state index contributed by atoms with van der Waals surface area (Å²) in [6.45, 7) is 0.304. The van der Waals surface area contributed by atoms with Gasteiger partial charge >= 0.3 is 0 Å². The SMILES string of the molecule is CN1CC(=O)CCC1=O. The van der Waals surface area contributed by atoms with Crippen molar-refractivity contribution in [2.24, 2.45) is 0 Å². The number of nitrogens with zero attached hydrogens (tertiary/aromatic N) is 1. The first-order valence-corrected chi connectivity index (χ1v) is 2.96. The number of likely N-dealkylation sites (N-methyl/N-ethyl adjacent to an activating group) is 1. The van der Waals surface area contributed by atoms with Gasteiger partial charge in [0.05, 0.1) is 6.54 Å². The van der Waals surface area contributed by atoms with Crippen LogP contribution in [0.5, 0.6) is 0 Å². The third-order valence-electron chi connectivity index (χ3n) is 1.46. The van der Waals surface area contributed by atoms with Crippen molar-refractivity contribution < 1.29 is 9.59 Å². The van der Waals surface area contributed by atoms with Crippen molar-refractivity contribution in [1.29, 1.82) is 0 Å². The second kappa shape index (κ2) is 2.17. The number of hydrogen-bond donors (Lipinski definition) is 0. The molecule has 0 spiro atoms. The molecule has 1 amide bonds. The van der Waals surface area contributed by atoms with E-state index in [0.29, 0.717) is 19.4 Å². The molecule has 3 nitrogen and oxygen atoms in total. The van der Waals surface area contributed by atoms with E-state index < -0.39 is 0 Å². The number of ketones is 1. The summed E-state index contributed by atoms with van der Waals surface area (Å²) >= 11 is 0. The molecule has 1 heterocycles. The van der Waals surface area contributed by atoms with Crippen LogP contribution in [0.3, 0.4) is 0 Å². The molecule has 1 aliphatic rings. The van der Waals surface area contributed by atoms with E-state index in [1.54, 1.807) is 7.05 Å². The molecule has 3 heteroatoms. The van der Waals surface area contributed by atoms with E-state index in [4.69, 9.17) is 0 Å². The van der Waals surface area contributed by atoms with Crippen LogP contribution in [0, 0.1) is 0 Å². The van der Waals surface area contributed by atoms with Gasteiger partial charge in [0.15, 0.2) is 5.78 Å². The summed E-state index contributed by atoms with van der Waals surface area (Å²) in [5, 5.41) is 0. The summed E-state index contributed by atoms with van der Waals surface area (Å²) in [6, 6.07) is 0. The zero-order valence-corrected chi connectivity index (χ0v) is 5.39. The van der Waals surface area contributed by atoms with Gasteiger partial charge in [0.2, 0.25) is 5.91 Å². The fraction of sp³-hybridized carbons (Fsp3) is 0.667. The Morgan fingerprint density at radius 3 is 2.44 bits per heavy atom. The standard InChI is InChI=1S/C6H9NO2/c1-7-4-5(8)2-3-6(7)9/h2-4H2,1H3. The molecule has 0 aromatic rings. The van der Waals surface area contributed by atoms with Crippen LogP contribution in [0.25, 0.3) is 0 Å². The minimum absolute atomic E-state index is 0.0783. The van der Waals surface area contributed by atoms with Crippen molar-refractivity contribution in [3.05, 3.63) is 0 Å². The molecule has 0 aromatic carbocycles. The van der Waals surface area contributed by atoms with E-state index >= 15 is 0 Å². The van der Waals surface area contributed by atoms with Crippen molar-refractivity contribution in [2.45, 2.75) is 12.8 Å². The Bertz CT molecular complexity index is 153. The van der Waals surface area contributed by atoms with Gasteiger partial charge in [-0.3, -0.25) is 9.59 Å². The van der Waals surface area contributed by atoms with E-state index in [-0.39, 0.29) is 11.7 Å². The summed E-state index contributed by atoms with van der Waals surface area (Å²) in [5.74, 6) is 0.242. The maximum absolute atomic E-state index is 10.7. The van der Waals surface area contributed by atoms with Gasteiger partial charge in [-0.05, 0) is 0 Å². The molecular formula is C6H9NO2. The van der Waals surface area contributed by atoms with Gasteiger partial charge in [-0.2, -0.15) is 0 Å². The normalized spacial score (nSPS) is 20.8. The lowest BCUT2D eigenvalue weighted by atomic mass is 10.1. The van der Waals surface area contributed by atoms with Gasteiger partial charge in [0.25, 0.3) is 0 Å². The molecule has 0 radical (unpaired) electrons. The van der Waals surface area contributed by atoms with Crippen LogP contribution in [0.4, 0.5) is 0 Å². The Balaban J connectivity index is 2.54. The summed E-state index contributed by atoms with van der Waals surface area (Å²) < 4.78 is 0. The Hall–Kier alpha value is -0.860. The molecule has 9 heavy (non-hydrogen) atoms. The molecule has 0 saturated carbocycles.